The molecule has 1 aliphatic rings. The van der Waals surface area contributed by atoms with Crippen LogP contribution in [0.4, 0.5) is 0 Å². The van der Waals surface area contributed by atoms with Gasteiger partial charge in [0.25, 0.3) is 0 Å². The molecule has 0 heterocycles. The standard InChI is InChI=1S/C8H15NO2/c1-8(9,7(10)11-2)5-6-3-4-6/h6H,3-5,9H2,1-2H3/t8-/m1/s1. The van der Waals surface area contributed by atoms with Crippen LogP contribution in [0.1, 0.15) is 26.2 Å². The predicted octanol–water partition coefficient (Wildman–Crippen LogP) is 0.677. The predicted molar refractivity (Wildman–Crippen MR) is 41.9 cm³/mol. The molecule has 1 rings (SSSR count). The quantitative estimate of drug-likeness (QED) is 0.613. The number of hydrogen-bond acceptors (Lipinski definition) is 3. The number of rotatable bonds is 3. The first kappa shape index (κ1) is 8.53. The lowest BCUT2D eigenvalue weighted by Gasteiger charge is -2.20. The highest BCUT2D eigenvalue weighted by Gasteiger charge is 2.36. The minimum atomic E-state index is -0.768. The van der Waals surface area contributed by atoms with Crippen LogP contribution in [0.3, 0.4) is 0 Å². The maximum absolute atomic E-state index is 11.0. The monoisotopic (exact) mass is 157 g/mol. The van der Waals surface area contributed by atoms with Gasteiger partial charge in [-0.15, -0.1) is 0 Å². The lowest BCUT2D eigenvalue weighted by atomic mass is 9.96. The van der Waals surface area contributed by atoms with Crippen LogP contribution in [0.25, 0.3) is 0 Å². The first-order valence-electron chi connectivity index (χ1n) is 3.93. The summed E-state index contributed by atoms with van der Waals surface area (Å²) in [5.41, 5.74) is 4.97. The maximum Gasteiger partial charge on any atom is 0.325 e. The third-order valence-electron chi connectivity index (χ3n) is 2.06. The Kier molecular flexibility index (Phi) is 2.18. The van der Waals surface area contributed by atoms with Gasteiger partial charge in [-0.3, -0.25) is 4.79 Å². The van der Waals surface area contributed by atoms with E-state index in [0.29, 0.717) is 5.92 Å². The zero-order chi connectivity index (χ0) is 8.48. The van der Waals surface area contributed by atoms with E-state index in [0.717, 1.165) is 6.42 Å². The summed E-state index contributed by atoms with van der Waals surface area (Å²) >= 11 is 0. The van der Waals surface area contributed by atoms with E-state index in [1.807, 2.05) is 0 Å². The third kappa shape index (κ3) is 2.19. The third-order valence-corrected chi connectivity index (χ3v) is 2.06. The van der Waals surface area contributed by atoms with Crippen molar-refractivity contribution in [3.05, 3.63) is 0 Å². The Labute approximate surface area is 66.9 Å². The molecule has 0 aromatic heterocycles. The van der Waals surface area contributed by atoms with Gasteiger partial charge in [0, 0.05) is 0 Å². The largest absolute Gasteiger partial charge is 0.468 e. The van der Waals surface area contributed by atoms with E-state index in [9.17, 15) is 4.79 Å². The van der Waals surface area contributed by atoms with Crippen LogP contribution < -0.4 is 5.73 Å². The van der Waals surface area contributed by atoms with E-state index in [-0.39, 0.29) is 5.97 Å². The van der Waals surface area contributed by atoms with Gasteiger partial charge in [0.05, 0.1) is 7.11 Å². The minimum Gasteiger partial charge on any atom is -0.468 e. The molecule has 0 spiro atoms. The summed E-state index contributed by atoms with van der Waals surface area (Å²) in [6.07, 6.45) is 3.19. The van der Waals surface area contributed by atoms with E-state index in [2.05, 4.69) is 4.74 Å². The average Bonchev–Trinajstić information content (AvgIpc) is 2.69. The Balaban J connectivity index is 2.42. The molecule has 0 aromatic rings. The molecule has 1 saturated carbocycles. The van der Waals surface area contributed by atoms with Gasteiger partial charge in [0.1, 0.15) is 5.54 Å². The Morgan fingerprint density at radius 3 is 2.64 bits per heavy atom. The molecule has 0 aromatic carbocycles. The summed E-state index contributed by atoms with van der Waals surface area (Å²) < 4.78 is 4.58. The van der Waals surface area contributed by atoms with Crippen LogP contribution in [0.5, 0.6) is 0 Å². The summed E-state index contributed by atoms with van der Waals surface area (Å²) in [7, 11) is 1.38. The van der Waals surface area contributed by atoms with Gasteiger partial charge in [-0.25, -0.2) is 0 Å². The minimum absolute atomic E-state index is 0.301. The smallest absolute Gasteiger partial charge is 0.325 e. The van der Waals surface area contributed by atoms with Crippen LogP contribution >= 0.6 is 0 Å². The van der Waals surface area contributed by atoms with Crippen LogP contribution in [0, 0.1) is 5.92 Å². The van der Waals surface area contributed by atoms with E-state index in [1.165, 1.54) is 20.0 Å². The molecule has 0 aliphatic heterocycles. The lowest BCUT2D eigenvalue weighted by Crippen LogP contribution is -2.46. The van der Waals surface area contributed by atoms with Crippen molar-refractivity contribution in [1.29, 1.82) is 0 Å². The molecule has 1 fully saturated rings. The van der Waals surface area contributed by atoms with Crippen molar-refractivity contribution in [2.75, 3.05) is 7.11 Å². The number of esters is 1. The molecule has 64 valence electrons. The number of hydrogen-bond donors (Lipinski definition) is 1. The fourth-order valence-electron chi connectivity index (χ4n) is 1.24. The normalized spacial score (nSPS) is 22.5. The fourth-order valence-corrected chi connectivity index (χ4v) is 1.24. The zero-order valence-electron chi connectivity index (χ0n) is 7.09. The molecule has 2 N–H and O–H groups in total. The van der Waals surface area contributed by atoms with Crippen LogP contribution in [-0.4, -0.2) is 18.6 Å². The zero-order valence-corrected chi connectivity index (χ0v) is 7.09. The van der Waals surface area contributed by atoms with Crippen molar-refractivity contribution in [3.63, 3.8) is 0 Å². The Morgan fingerprint density at radius 1 is 1.73 bits per heavy atom. The molecular formula is C8H15NO2. The molecule has 3 heteroatoms. The molecule has 11 heavy (non-hydrogen) atoms. The SMILES string of the molecule is COC(=O)[C@](C)(N)CC1CC1. The molecule has 1 atom stereocenters. The van der Waals surface area contributed by atoms with Gasteiger partial charge in [-0.05, 0) is 19.3 Å². The van der Waals surface area contributed by atoms with Crippen LogP contribution in [0.15, 0.2) is 0 Å². The molecule has 1 aliphatic carbocycles. The van der Waals surface area contributed by atoms with Crippen molar-refractivity contribution in [3.8, 4) is 0 Å². The van der Waals surface area contributed by atoms with Crippen molar-refractivity contribution >= 4 is 5.97 Å². The van der Waals surface area contributed by atoms with Gasteiger partial charge in [-0.2, -0.15) is 0 Å². The summed E-state index contributed by atoms with van der Waals surface area (Å²) in [5, 5.41) is 0. The highest BCUT2D eigenvalue weighted by Crippen LogP contribution is 2.36. The second-order valence-corrected chi connectivity index (χ2v) is 3.56. The first-order valence-corrected chi connectivity index (χ1v) is 3.93. The lowest BCUT2D eigenvalue weighted by molar-refractivity contribution is -0.146. The van der Waals surface area contributed by atoms with Crippen LogP contribution in [-0.2, 0) is 9.53 Å². The fraction of sp³-hybridized carbons (Fsp3) is 0.875. The molecular weight excluding hydrogens is 142 g/mol. The maximum atomic E-state index is 11.0. The van der Waals surface area contributed by atoms with E-state index < -0.39 is 5.54 Å². The van der Waals surface area contributed by atoms with E-state index in [4.69, 9.17) is 5.73 Å². The highest BCUT2D eigenvalue weighted by atomic mass is 16.5. The molecule has 0 radical (unpaired) electrons. The number of carbonyl (C=O) groups excluding carboxylic acids is 1. The Bertz CT molecular complexity index is 161. The summed E-state index contributed by atoms with van der Waals surface area (Å²) in [4.78, 5) is 11.0. The Hall–Kier alpha value is -0.570. The van der Waals surface area contributed by atoms with Gasteiger partial charge >= 0.3 is 5.97 Å². The van der Waals surface area contributed by atoms with Crippen molar-refractivity contribution in [2.24, 2.45) is 11.7 Å². The molecule has 3 nitrogen and oxygen atoms in total. The molecule has 0 saturated heterocycles. The van der Waals surface area contributed by atoms with Gasteiger partial charge in [-0.1, -0.05) is 12.8 Å². The van der Waals surface area contributed by atoms with Crippen molar-refractivity contribution < 1.29 is 9.53 Å². The van der Waals surface area contributed by atoms with Gasteiger partial charge in [0.2, 0.25) is 0 Å². The molecule has 0 amide bonds. The van der Waals surface area contributed by atoms with E-state index in [1.54, 1.807) is 6.92 Å². The summed E-state index contributed by atoms with van der Waals surface area (Å²) in [6, 6.07) is 0. The number of ether oxygens (including phenoxy) is 1. The first-order chi connectivity index (χ1) is 5.06. The average molecular weight is 157 g/mol. The second-order valence-electron chi connectivity index (χ2n) is 3.56. The van der Waals surface area contributed by atoms with Crippen molar-refractivity contribution in [2.45, 2.75) is 31.7 Å². The van der Waals surface area contributed by atoms with E-state index >= 15 is 0 Å². The molecule has 0 bridgehead atoms. The highest BCUT2D eigenvalue weighted by molar-refractivity contribution is 5.79. The van der Waals surface area contributed by atoms with Crippen molar-refractivity contribution in [1.82, 2.24) is 0 Å². The number of methoxy groups -OCH3 is 1. The summed E-state index contributed by atoms with van der Waals surface area (Å²) in [5.74, 6) is 0.355. The number of nitrogens with two attached hydrogens (primary N) is 1. The van der Waals surface area contributed by atoms with Gasteiger partial charge in [0.15, 0.2) is 0 Å². The Morgan fingerprint density at radius 2 is 2.27 bits per heavy atom. The van der Waals surface area contributed by atoms with Crippen LogP contribution in [0.2, 0.25) is 0 Å². The second kappa shape index (κ2) is 2.81. The summed E-state index contributed by atoms with van der Waals surface area (Å²) in [6.45, 7) is 1.73. The topological polar surface area (TPSA) is 52.3 Å². The number of carbonyl (C=O) groups is 1. The molecule has 0 unspecified atom stereocenters. The van der Waals surface area contributed by atoms with Gasteiger partial charge < -0.3 is 10.5 Å².